The fraction of sp³-hybridized carbons (Fsp3) is 0.722. The summed E-state index contributed by atoms with van der Waals surface area (Å²) in [6.07, 6.45) is 1.97. The van der Waals surface area contributed by atoms with Crippen LogP contribution in [0.4, 0.5) is 0 Å². The molecule has 1 fully saturated rings. The van der Waals surface area contributed by atoms with Crippen LogP contribution in [0.25, 0.3) is 0 Å². The summed E-state index contributed by atoms with van der Waals surface area (Å²) in [6, 6.07) is 4.54. The maximum atomic E-state index is 11.6. The van der Waals surface area contributed by atoms with Gasteiger partial charge in [0.1, 0.15) is 0 Å². The van der Waals surface area contributed by atoms with Crippen molar-refractivity contribution >= 4 is 51.3 Å². The lowest BCUT2D eigenvalue weighted by atomic mass is 10.2. The Kier molecular flexibility index (Phi) is 12.6. The number of hydrogen-bond acceptors (Lipinski definition) is 6. The summed E-state index contributed by atoms with van der Waals surface area (Å²) in [4.78, 5) is 8.07. The SMILES string of the molecule is CCN(CCCNC(=NC)NCC(c1cccs1)N1CCOCC1)S(C)(=O)=O.I. The van der Waals surface area contributed by atoms with Crippen LogP contribution in [0, 0.1) is 0 Å². The van der Waals surface area contributed by atoms with Crippen LogP contribution in [0.3, 0.4) is 0 Å². The zero-order valence-corrected chi connectivity index (χ0v) is 21.4. The Morgan fingerprint density at radius 3 is 2.66 bits per heavy atom. The lowest BCUT2D eigenvalue weighted by Gasteiger charge is -2.34. The molecular formula is C18H34IN5O3S2. The van der Waals surface area contributed by atoms with Crippen LogP contribution in [0.1, 0.15) is 24.3 Å². The van der Waals surface area contributed by atoms with Gasteiger partial charge in [0.2, 0.25) is 10.0 Å². The predicted molar refractivity (Wildman–Crippen MR) is 131 cm³/mol. The van der Waals surface area contributed by atoms with Gasteiger partial charge >= 0.3 is 0 Å². The van der Waals surface area contributed by atoms with E-state index in [-0.39, 0.29) is 30.0 Å². The molecule has 1 saturated heterocycles. The summed E-state index contributed by atoms with van der Waals surface area (Å²) in [7, 11) is -1.39. The van der Waals surface area contributed by atoms with E-state index in [0.717, 1.165) is 45.2 Å². The predicted octanol–water partition coefficient (Wildman–Crippen LogP) is 1.58. The first kappa shape index (κ1) is 26.6. The molecule has 1 aliphatic heterocycles. The number of ether oxygens (including phenoxy) is 1. The van der Waals surface area contributed by atoms with Gasteiger partial charge in [-0.2, -0.15) is 0 Å². The normalized spacial score (nSPS) is 17.0. The summed E-state index contributed by atoms with van der Waals surface area (Å²) in [5.41, 5.74) is 0. The van der Waals surface area contributed by atoms with Gasteiger partial charge < -0.3 is 15.4 Å². The second kappa shape index (κ2) is 13.8. The van der Waals surface area contributed by atoms with Crippen molar-refractivity contribution < 1.29 is 13.2 Å². The minimum Gasteiger partial charge on any atom is -0.379 e. The molecule has 8 nitrogen and oxygen atoms in total. The van der Waals surface area contributed by atoms with E-state index >= 15 is 0 Å². The number of nitrogens with one attached hydrogen (secondary N) is 2. The number of rotatable bonds is 10. The Morgan fingerprint density at radius 2 is 2.10 bits per heavy atom. The van der Waals surface area contributed by atoms with E-state index in [0.29, 0.717) is 19.6 Å². The topological polar surface area (TPSA) is 86.3 Å². The summed E-state index contributed by atoms with van der Waals surface area (Å²) >= 11 is 1.77. The number of morpholine rings is 1. The highest BCUT2D eigenvalue weighted by Gasteiger charge is 2.23. The second-order valence-electron chi connectivity index (χ2n) is 6.67. The molecular weight excluding hydrogens is 525 g/mol. The van der Waals surface area contributed by atoms with Crippen molar-refractivity contribution in [2.45, 2.75) is 19.4 Å². The lowest BCUT2D eigenvalue weighted by molar-refractivity contribution is 0.0177. The molecule has 0 aromatic carbocycles. The summed E-state index contributed by atoms with van der Waals surface area (Å²) < 4.78 is 30.3. The molecule has 1 unspecified atom stereocenters. The minimum absolute atomic E-state index is 0. The van der Waals surface area contributed by atoms with Crippen molar-refractivity contribution in [2.24, 2.45) is 4.99 Å². The van der Waals surface area contributed by atoms with E-state index in [9.17, 15) is 8.42 Å². The van der Waals surface area contributed by atoms with Crippen LogP contribution in [-0.2, 0) is 14.8 Å². The number of hydrogen-bond donors (Lipinski definition) is 2. The van der Waals surface area contributed by atoms with Gasteiger partial charge in [0.05, 0.1) is 25.5 Å². The average molecular weight is 560 g/mol. The third-order valence-electron chi connectivity index (χ3n) is 4.74. The van der Waals surface area contributed by atoms with Crippen molar-refractivity contribution in [1.29, 1.82) is 0 Å². The van der Waals surface area contributed by atoms with Gasteiger partial charge in [-0.1, -0.05) is 13.0 Å². The van der Waals surface area contributed by atoms with Crippen molar-refractivity contribution in [3.63, 3.8) is 0 Å². The van der Waals surface area contributed by atoms with Crippen LogP contribution in [0.2, 0.25) is 0 Å². The molecule has 2 rings (SSSR count). The molecule has 168 valence electrons. The number of thiophene rings is 1. The van der Waals surface area contributed by atoms with Crippen LogP contribution in [0.15, 0.2) is 22.5 Å². The maximum absolute atomic E-state index is 11.6. The van der Waals surface area contributed by atoms with E-state index in [1.54, 1.807) is 18.4 Å². The minimum atomic E-state index is -3.14. The summed E-state index contributed by atoms with van der Waals surface area (Å²) in [6.45, 7) is 7.65. The lowest BCUT2D eigenvalue weighted by Crippen LogP contribution is -2.46. The van der Waals surface area contributed by atoms with Crippen LogP contribution in [-0.4, -0.2) is 89.4 Å². The third-order valence-corrected chi connectivity index (χ3v) is 7.10. The number of sulfonamides is 1. The molecule has 1 aromatic heterocycles. The van der Waals surface area contributed by atoms with Crippen molar-refractivity contribution in [2.75, 3.05) is 65.8 Å². The fourth-order valence-corrected chi connectivity index (χ4v) is 5.00. The Balaban J connectivity index is 0.00000420. The van der Waals surface area contributed by atoms with Crippen molar-refractivity contribution in [3.05, 3.63) is 22.4 Å². The van der Waals surface area contributed by atoms with Gasteiger partial charge in [-0.3, -0.25) is 9.89 Å². The standard InChI is InChI=1S/C18H33N5O3S2.HI/c1-4-23(28(3,24)25)9-6-8-20-18(19-2)21-15-16(17-7-5-14-27-17)22-10-12-26-13-11-22;/h5,7,14,16H,4,6,8-13,15H2,1-3H3,(H2,19,20,21);1H. The van der Waals surface area contributed by atoms with E-state index in [4.69, 9.17) is 4.74 Å². The van der Waals surface area contributed by atoms with E-state index in [1.165, 1.54) is 15.4 Å². The first-order valence-electron chi connectivity index (χ1n) is 9.70. The van der Waals surface area contributed by atoms with Gasteiger partial charge in [0.15, 0.2) is 5.96 Å². The van der Waals surface area contributed by atoms with E-state index in [2.05, 4.69) is 38.0 Å². The highest BCUT2D eigenvalue weighted by Crippen LogP contribution is 2.25. The van der Waals surface area contributed by atoms with E-state index < -0.39 is 10.0 Å². The van der Waals surface area contributed by atoms with Gasteiger partial charge in [-0.25, -0.2) is 12.7 Å². The van der Waals surface area contributed by atoms with E-state index in [1.807, 2.05) is 6.92 Å². The summed E-state index contributed by atoms with van der Waals surface area (Å²) in [5, 5.41) is 8.81. The first-order valence-corrected chi connectivity index (χ1v) is 12.4. The molecule has 1 atom stereocenters. The van der Waals surface area contributed by atoms with Crippen LogP contribution in [0.5, 0.6) is 0 Å². The molecule has 11 heteroatoms. The smallest absolute Gasteiger partial charge is 0.211 e. The molecule has 2 N–H and O–H groups in total. The number of halogens is 1. The second-order valence-corrected chi connectivity index (χ2v) is 9.63. The molecule has 1 aromatic rings. The van der Waals surface area contributed by atoms with Gasteiger partial charge in [-0.15, -0.1) is 35.3 Å². The molecule has 0 aliphatic carbocycles. The Bertz CT molecular complexity index is 694. The van der Waals surface area contributed by atoms with Gasteiger partial charge in [0, 0.05) is 51.2 Å². The van der Waals surface area contributed by atoms with Gasteiger partial charge in [0.25, 0.3) is 0 Å². The third kappa shape index (κ3) is 9.05. The highest BCUT2D eigenvalue weighted by atomic mass is 127. The Morgan fingerprint density at radius 1 is 1.38 bits per heavy atom. The largest absolute Gasteiger partial charge is 0.379 e. The highest BCUT2D eigenvalue weighted by molar-refractivity contribution is 14.0. The Hall–Kier alpha value is -0.470. The van der Waals surface area contributed by atoms with Crippen LogP contribution < -0.4 is 10.6 Å². The molecule has 0 saturated carbocycles. The van der Waals surface area contributed by atoms with Crippen molar-refractivity contribution in [3.8, 4) is 0 Å². The Labute approximate surface area is 196 Å². The zero-order chi connectivity index (χ0) is 20.4. The molecule has 0 spiro atoms. The number of aliphatic imine (C=N–C) groups is 1. The maximum Gasteiger partial charge on any atom is 0.211 e. The molecule has 0 amide bonds. The van der Waals surface area contributed by atoms with Gasteiger partial charge in [-0.05, 0) is 17.9 Å². The molecule has 1 aliphatic rings. The first-order chi connectivity index (χ1) is 13.5. The van der Waals surface area contributed by atoms with Crippen LogP contribution >= 0.6 is 35.3 Å². The summed E-state index contributed by atoms with van der Waals surface area (Å²) in [5.74, 6) is 0.734. The molecule has 0 bridgehead atoms. The average Bonchev–Trinajstić information content (AvgIpc) is 3.20. The number of guanidine groups is 1. The molecule has 0 radical (unpaired) electrons. The fourth-order valence-electron chi connectivity index (χ4n) is 3.21. The molecule has 29 heavy (non-hydrogen) atoms. The zero-order valence-electron chi connectivity index (χ0n) is 17.5. The monoisotopic (exact) mass is 559 g/mol. The quantitative estimate of drug-likeness (QED) is 0.196. The molecule has 2 heterocycles. The number of nitrogens with zero attached hydrogens (tertiary/aromatic N) is 3. The van der Waals surface area contributed by atoms with Crippen molar-refractivity contribution in [1.82, 2.24) is 19.8 Å².